The zero-order chi connectivity index (χ0) is 21.0. The number of carbonyl (C=O) groups excluding carboxylic acids is 1. The second-order valence-electron chi connectivity index (χ2n) is 9.02. The molecule has 0 N–H and O–H groups in total. The maximum atomic E-state index is 12.4. The Morgan fingerprint density at radius 2 is 1.83 bits per heavy atom. The molecule has 0 saturated carbocycles. The Morgan fingerprint density at radius 3 is 2.57 bits per heavy atom. The average Bonchev–Trinajstić information content (AvgIpc) is 2.98. The first-order valence-corrected chi connectivity index (χ1v) is 11.5. The van der Waals surface area contributed by atoms with Gasteiger partial charge in [0.05, 0.1) is 0 Å². The second kappa shape index (κ2) is 7.09. The summed E-state index contributed by atoms with van der Waals surface area (Å²) in [6, 6.07) is 21.7. The quantitative estimate of drug-likeness (QED) is 0.408. The van der Waals surface area contributed by atoms with Gasteiger partial charge in [-0.05, 0) is 64.8 Å². The highest BCUT2D eigenvalue weighted by Crippen LogP contribution is 2.59. The number of halogens is 1. The van der Waals surface area contributed by atoms with Gasteiger partial charge in [-0.15, -0.1) is 0 Å². The zero-order valence-electron chi connectivity index (χ0n) is 17.7. The van der Waals surface area contributed by atoms with Crippen molar-refractivity contribution < 1.29 is 4.79 Å². The minimum absolute atomic E-state index is 0.200. The molecule has 3 heteroatoms. The normalized spacial score (nSPS) is 25.4. The molecule has 1 heterocycles. The van der Waals surface area contributed by atoms with E-state index in [4.69, 9.17) is 0 Å². The molecule has 0 aromatic heterocycles. The van der Waals surface area contributed by atoms with Crippen LogP contribution in [0, 0.1) is 11.8 Å². The highest BCUT2D eigenvalue weighted by molar-refractivity contribution is 9.10. The molecule has 3 atom stereocenters. The SMILES string of the molecule is CC1CC2(Cc3ccccc3)C(=C(C=O)C1C)N(C)c1ccc3ccc(Br)cc3c12. The third kappa shape index (κ3) is 2.71. The van der Waals surface area contributed by atoms with Crippen LogP contribution in [-0.2, 0) is 16.6 Å². The first-order chi connectivity index (χ1) is 14.5. The van der Waals surface area contributed by atoms with Gasteiger partial charge in [-0.25, -0.2) is 0 Å². The average molecular weight is 460 g/mol. The lowest BCUT2D eigenvalue weighted by Crippen LogP contribution is -2.41. The molecule has 1 aliphatic heterocycles. The zero-order valence-corrected chi connectivity index (χ0v) is 19.2. The number of rotatable bonds is 3. The highest BCUT2D eigenvalue weighted by Gasteiger charge is 2.52. The molecular weight excluding hydrogens is 434 g/mol. The number of anilines is 1. The predicted octanol–water partition coefficient (Wildman–Crippen LogP) is 6.66. The Bertz CT molecular complexity index is 1180. The summed E-state index contributed by atoms with van der Waals surface area (Å²) in [6.07, 6.45) is 3.06. The number of likely N-dealkylation sites (N-methyl/N-ethyl adjacent to an activating group) is 1. The summed E-state index contributed by atoms with van der Waals surface area (Å²) in [5.41, 5.74) is 5.89. The Kier molecular flexibility index (Phi) is 4.62. The predicted molar refractivity (Wildman–Crippen MR) is 128 cm³/mol. The van der Waals surface area contributed by atoms with Crippen LogP contribution in [0.2, 0.25) is 0 Å². The number of carbonyl (C=O) groups is 1. The van der Waals surface area contributed by atoms with Crippen LogP contribution in [0.1, 0.15) is 31.4 Å². The van der Waals surface area contributed by atoms with E-state index in [1.807, 2.05) is 0 Å². The lowest BCUT2D eigenvalue weighted by molar-refractivity contribution is -0.105. The summed E-state index contributed by atoms with van der Waals surface area (Å²) in [4.78, 5) is 14.7. The molecule has 5 rings (SSSR count). The molecule has 0 spiro atoms. The van der Waals surface area contributed by atoms with Crippen LogP contribution < -0.4 is 4.90 Å². The molecule has 0 amide bonds. The monoisotopic (exact) mass is 459 g/mol. The van der Waals surface area contributed by atoms with E-state index in [-0.39, 0.29) is 11.3 Å². The van der Waals surface area contributed by atoms with Crippen LogP contribution in [0.3, 0.4) is 0 Å². The third-order valence-corrected chi connectivity index (χ3v) is 7.85. The Morgan fingerprint density at radius 1 is 1.10 bits per heavy atom. The van der Waals surface area contributed by atoms with Crippen LogP contribution in [0.15, 0.2) is 76.4 Å². The minimum Gasteiger partial charge on any atom is -0.347 e. The standard InChI is InChI=1S/C27H26BrNO/c1-17-14-27(15-19-7-5-4-6-8-19)25-22-13-21(28)11-9-20(22)10-12-24(25)29(3)26(27)23(16-30)18(17)2/h4-13,16-18H,14-15H2,1-3H3. The van der Waals surface area contributed by atoms with E-state index < -0.39 is 0 Å². The third-order valence-electron chi connectivity index (χ3n) is 7.35. The van der Waals surface area contributed by atoms with Gasteiger partial charge >= 0.3 is 0 Å². The first kappa shape index (κ1) is 19.6. The van der Waals surface area contributed by atoms with Gasteiger partial charge in [0.2, 0.25) is 0 Å². The molecule has 2 aliphatic rings. The second-order valence-corrected chi connectivity index (χ2v) is 9.94. The topological polar surface area (TPSA) is 20.3 Å². The molecule has 2 nitrogen and oxygen atoms in total. The Hall–Kier alpha value is -2.39. The molecule has 3 aromatic rings. The molecule has 30 heavy (non-hydrogen) atoms. The number of hydrogen-bond acceptors (Lipinski definition) is 2. The van der Waals surface area contributed by atoms with Crippen LogP contribution >= 0.6 is 15.9 Å². The fourth-order valence-electron chi connectivity index (χ4n) is 5.89. The van der Waals surface area contributed by atoms with Crippen molar-refractivity contribution in [3.05, 3.63) is 87.5 Å². The van der Waals surface area contributed by atoms with Crippen molar-refractivity contribution >= 4 is 38.7 Å². The number of aldehydes is 1. The minimum atomic E-state index is -0.200. The summed E-state index contributed by atoms with van der Waals surface area (Å²) in [7, 11) is 2.14. The van der Waals surface area contributed by atoms with E-state index >= 15 is 0 Å². The van der Waals surface area contributed by atoms with Gasteiger partial charge in [0.1, 0.15) is 6.29 Å². The van der Waals surface area contributed by atoms with E-state index in [9.17, 15) is 4.79 Å². The van der Waals surface area contributed by atoms with Gasteiger partial charge in [-0.2, -0.15) is 0 Å². The molecule has 0 radical (unpaired) electrons. The molecule has 0 bridgehead atoms. The number of benzene rings is 3. The van der Waals surface area contributed by atoms with Crippen molar-refractivity contribution in [2.45, 2.75) is 32.1 Å². The molecule has 3 aromatic carbocycles. The summed E-state index contributed by atoms with van der Waals surface area (Å²) in [5.74, 6) is 0.690. The van der Waals surface area contributed by atoms with Gasteiger partial charge in [0, 0.05) is 33.9 Å². The lowest BCUT2D eigenvalue weighted by atomic mass is 9.61. The fraction of sp³-hybridized carbons (Fsp3) is 0.296. The smallest absolute Gasteiger partial charge is 0.148 e. The van der Waals surface area contributed by atoms with E-state index in [1.165, 1.54) is 33.3 Å². The number of allylic oxidation sites excluding steroid dienone is 2. The molecule has 1 aliphatic carbocycles. The van der Waals surface area contributed by atoms with Gasteiger partial charge in [-0.3, -0.25) is 4.79 Å². The van der Waals surface area contributed by atoms with Gasteiger partial charge in [0.15, 0.2) is 0 Å². The lowest BCUT2D eigenvalue weighted by Gasteiger charge is -2.43. The van der Waals surface area contributed by atoms with Crippen LogP contribution in [-0.4, -0.2) is 13.3 Å². The van der Waals surface area contributed by atoms with Crippen LogP contribution in [0.5, 0.6) is 0 Å². The Balaban J connectivity index is 1.89. The largest absolute Gasteiger partial charge is 0.347 e. The van der Waals surface area contributed by atoms with E-state index in [1.54, 1.807) is 0 Å². The first-order valence-electron chi connectivity index (χ1n) is 10.7. The van der Waals surface area contributed by atoms with Crippen molar-refractivity contribution in [3.8, 4) is 0 Å². The van der Waals surface area contributed by atoms with E-state index in [2.05, 4.69) is 102 Å². The number of fused-ring (bicyclic) bond motifs is 5. The van der Waals surface area contributed by atoms with E-state index in [0.29, 0.717) is 5.92 Å². The Labute approximate surface area is 186 Å². The van der Waals surface area contributed by atoms with Gasteiger partial charge in [0.25, 0.3) is 0 Å². The summed E-state index contributed by atoms with van der Waals surface area (Å²) in [5, 5.41) is 2.53. The van der Waals surface area contributed by atoms with Gasteiger partial charge in [-0.1, -0.05) is 72.2 Å². The summed E-state index contributed by atoms with van der Waals surface area (Å²) >= 11 is 3.69. The summed E-state index contributed by atoms with van der Waals surface area (Å²) < 4.78 is 1.09. The molecular formula is C27H26BrNO. The van der Waals surface area contributed by atoms with Crippen molar-refractivity contribution in [2.24, 2.45) is 11.8 Å². The number of hydrogen-bond donors (Lipinski definition) is 0. The van der Waals surface area contributed by atoms with Crippen molar-refractivity contribution in [1.82, 2.24) is 0 Å². The van der Waals surface area contributed by atoms with Crippen LogP contribution in [0.25, 0.3) is 10.8 Å². The fourth-order valence-corrected chi connectivity index (χ4v) is 6.25. The van der Waals surface area contributed by atoms with Crippen molar-refractivity contribution in [3.63, 3.8) is 0 Å². The molecule has 0 saturated heterocycles. The van der Waals surface area contributed by atoms with Gasteiger partial charge < -0.3 is 4.90 Å². The molecule has 3 unspecified atom stereocenters. The molecule has 0 fully saturated rings. The maximum absolute atomic E-state index is 12.4. The van der Waals surface area contributed by atoms with Crippen molar-refractivity contribution in [2.75, 3.05) is 11.9 Å². The number of nitrogens with zero attached hydrogens (tertiary/aromatic N) is 1. The highest BCUT2D eigenvalue weighted by atomic mass is 79.9. The van der Waals surface area contributed by atoms with Crippen LogP contribution in [0.4, 0.5) is 5.69 Å². The molecule has 152 valence electrons. The van der Waals surface area contributed by atoms with Crippen molar-refractivity contribution in [1.29, 1.82) is 0 Å². The van der Waals surface area contributed by atoms with E-state index in [0.717, 1.165) is 29.2 Å². The maximum Gasteiger partial charge on any atom is 0.148 e. The summed E-state index contributed by atoms with van der Waals surface area (Å²) in [6.45, 7) is 4.51.